The molecule has 0 saturated carbocycles. The van der Waals surface area contributed by atoms with Crippen molar-refractivity contribution in [3.63, 3.8) is 0 Å². The highest BCUT2D eigenvalue weighted by Crippen LogP contribution is 2.18. The number of carbonyl (C=O) groups excluding carboxylic acids is 1. The number of aliphatic hydroxyl groups is 1. The molecule has 19 heavy (non-hydrogen) atoms. The Hall–Kier alpha value is -1.08. The van der Waals surface area contributed by atoms with Gasteiger partial charge in [0.25, 0.3) is 0 Å². The predicted octanol–water partition coefficient (Wildman–Crippen LogP) is 1.09. The number of aliphatic hydroxyl groups excluding tert-OH is 1. The number of thioether (sulfide) groups is 1. The first-order chi connectivity index (χ1) is 8.85. The minimum Gasteiger partial charge on any atom is -0.396 e. The number of rotatable bonds is 7. The molecule has 1 aromatic rings. The Morgan fingerprint density at radius 2 is 2.26 bits per heavy atom. The van der Waals surface area contributed by atoms with Gasteiger partial charge in [-0.25, -0.2) is 0 Å². The largest absolute Gasteiger partial charge is 0.396 e. The average molecular weight is 286 g/mol. The van der Waals surface area contributed by atoms with Crippen LogP contribution in [0, 0.1) is 5.41 Å². The van der Waals surface area contributed by atoms with Crippen LogP contribution < -0.4 is 5.32 Å². The first-order valence-electron chi connectivity index (χ1n) is 6.25. The molecule has 1 rings (SSSR count). The molecule has 2 N–H and O–H groups in total. The second-order valence-corrected chi connectivity index (χ2v) is 6.44. The SMILES string of the molecule is CC(C)n1cnnc1SCC(=O)NCC(C)(C)CO. The van der Waals surface area contributed by atoms with Gasteiger partial charge in [-0.05, 0) is 13.8 Å². The van der Waals surface area contributed by atoms with Crippen LogP contribution in [0.15, 0.2) is 11.5 Å². The van der Waals surface area contributed by atoms with E-state index in [1.54, 1.807) is 6.33 Å². The minimum absolute atomic E-state index is 0.0437. The fraction of sp³-hybridized carbons (Fsp3) is 0.750. The maximum Gasteiger partial charge on any atom is 0.230 e. The van der Waals surface area contributed by atoms with Crippen molar-refractivity contribution >= 4 is 17.7 Å². The summed E-state index contributed by atoms with van der Waals surface area (Å²) in [5.41, 5.74) is -0.293. The van der Waals surface area contributed by atoms with Gasteiger partial charge in [0.15, 0.2) is 5.16 Å². The molecule has 1 aromatic heterocycles. The van der Waals surface area contributed by atoms with Crippen LogP contribution in [0.25, 0.3) is 0 Å². The van der Waals surface area contributed by atoms with Gasteiger partial charge in [0.2, 0.25) is 5.91 Å². The van der Waals surface area contributed by atoms with Gasteiger partial charge in [0, 0.05) is 24.6 Å². The molecule has 0 aliphatic rings. The van der Waals surface area contributed by atoms with Gasteiger partial charge in [0.05, 0.1) is 5.75 Å². The van der Waals surface area contributed by atoms with E-state index in [0.29, 0.717) is 12.3 Å². The first kappa shape index (κ1) is 16.0. The maximum atomic E-state index is 11.7. The summed E-state index contributed by atoms with van der Waals surface area (Å²) in [6, 6.07) is 0.272. The Labute approximate surface area is 118 Å². The lowest BCUT2D eigenvalue weighted by molar-refractivity contribution is -0.119. The van der Waals surface area contributed by atoms with Crippen molar-refractivity contribution in [1.29, 1.82) is 0 Å². The molecule has 1 amide bonds. The van der Waals surface area contributed by atoms with Gasteiger partial charge in [-0.15, -0.1) is 10.2 Å². The zero-order valence-corrected chi connectivity index (χ0v) is 12.7. The van der Waals surface area contributed by atoms with E-state index in [1.807, 2.05) is 32.3 Å². The Kier molecular flexibility index (Phi) is 5.81. The number of nitrogens with zero attached hydrogens (tertiary/aromatic N) is 3. The molecule has 0 aromatic carbocycles. The molecule has 0 spiro atoms. The smallest absolute Gasteiger partial charge is 0.230 e. The summed E-state index contributed by atoms with van der Waals surface area (Å²) in [5.74, 6) is 0.234. The normalized spacial score (nSPS) is 11.9. The summed E-state index contributed by atoms with van der Waals surface area (Å²) in [5, 5.41) is 20.5. The molecular formula is C12H22N4O2S. The van der Waals surface area contributed by atoms with Crippen LogP contribution >= 0.6 is 11.8 Å². The fourth-order valence-electron chi connectivity index (χ4n) is 1.26. The Bertz CT molecular complexity index is 418. The van der Waals surface area contributed by atoms with E-state index >= 15 is 0 Å². The molecule has 0 saturated heterocycles. The van der Waals surface area contributed by atoms with Gasteiger partial charge in [-0.1, -0.05) is 25.6 Å². The number of hydrogen-bond donors (Lipinski definition) is 2. The van der Waals surface area contributed by atoms with E-state index in [0.717, 1.165) is 5.16 Å². The van der Waals surface area contributed by atoms with E-state index in [2.05, 4.69) is 15.5 Å². The van der Waals surface area contributed by atoms with Crippen molar-refractivity contribution in [2.45, 2.75) is 38.9 Å². The van der Waals surface area contributed by atoms with Crippen LogP contribution in [0.4, 0.5) is 0 Å². The van der Waals surface area contributed by atoms with Crippen molar-refractivity contribution in [1.82, 2.24) is 20.1 Å². The van der Waals surface area contributed by atoms with E-state index in [1.165, 1.54) is 11.8 Å². The third-order valence-electron chi connectivity index (χ3n) is 2.62. The molecule has 0 fully saturated rings. The molecule has 0 atom stereocenters. The van der Waals surface area contributed by atoms with Crippen LogP contribution in [0.3, 0.4) is 0 Å². The third-order valence-corrected chi connectivity index (χ3v) is 3.58. The highest BCUT2D eigenvalue weighted by Gasteiger charge is 2.18. The number of aromatic nitrogens is 3. The van der Waals surface area contributed by atoms with Crippen molar-refractivity contribution in [3.8, 4) is 0 Å². The fourth-order valence-corrected chi connectivity index (χ4v) is 2.14. The summed E-state index contributed by atoms with van der Waals surface area (Å²) in [4.78, 5) is 11.7. The Morgan fingerprint density at radius 3 is 2.84 bits per heavy atom. The van der Waals surface area contributed by atoms with Gasteiger partial charge < -0.3 is 15.0 Å². The lowest BCUT2D eigenvalue weighted by Crippen LogP contribution is -2.36. The van der Waals surface area contributed by atoms with Crippen LogP contribution in [-0.4, -0.2) is 44.7 Å². The molecule has 6 nitrogen and oxygen atoms in total. The lowest BCUT2D eigenvalue weighted by atomic mass is 9.95. The van der Waals surface area contributed by atoms with E-state index < -0.39 is 0 Å². The minimum atomic E-state index is -0.293. The number of hydrogen-bond acceptors (Lipinski definition) is 5. The second-order valence-electron chi connectivity index (χ2n) is 5.50. The van der Waals surface area contributed by atoms with E-state index in [4.69, 9.17) is 5.11 Å². The van der Waals surface area contributed by atoms with Gasteiger partial charge in [-0.2, -0.15) is 0 Å². The Balaban J connectivity index is 2.40. The molecule has 0 bridgehead atoms. The second kappa shape index (κ2) is 6.91. The van der Waals surface area contributed by atoms with Crippen molar-refractivity contribution in [2.24, 2.45) is 5.41 Å². The van der Waals surface area contributed by atoms with Gasteiger partial charge in [-0.3, -0.25) is 4.79 Å². The van der Waals surface area contributed by atoms with Crippen molar-refractivity contribution < 1.29 is 9.90 Å². The quantitative estimate of drug-likeness (QED) is 0.733. The molecule has 0 radical (unpaired) electrons. The van der Waals surface area contributed by atoms with Crippen LogP contribution in [0.2, 0.25) is 0 Å². The molecule has 0 aliphatic carbocycles. The number of amides is 1. The highest BCUT2D eigenvalue weighted by molar-refractivity contribution is 7.99. The zero-order chi connectivity index (χ0) is 14.5. The van der Waals surface area contributed by atoms with E-state index in [9.17, 15) is 4.79 Å². The summed E-state index contributed by atoms with van der Waals surface area (Å²) in [6.45, 7) is 8.38. The van der Waals surface area contributed by atoms with Crippen molar-refractivity contribution in [3.05, 3.63) is 6.33 Å². The molecule has 108 valence electrons. The van der Waals surface area contributed by atoms with Crippen molar-refractivity contribution in [2.75, 3.05) is 18.9 Å². The van der Waals surface area contributed by atoms with Crippen LogP contribution in [0.1, 0.15) is 33.7 Å². The van der Waals surface area contributed by atoms with Crippen LogP contribution in [0.5, 0.6) is 0 Å². The third kappa shape index (κ3) is 5.20. The Morgan fingerprint density at radius 1 is 1.58 bits per heavy atom. The highest BCUT2D eigenvalue weighted by atomic mass is 32.2. The molecule has 7 heteroatoms. The summed E-state index contributed by atoms with van der Waals surface area (Å²) in [6.07, 6.45) is 1.67. The lowest BCUT2D eigenvalue weighted by Gasteiger charge is -2.21. The summed E-state index contributed by atoms with van der Waals surface area (Å²) < 4.78 is 1.93. The first-order valence-corrected chi connectivity index (χ1v) is 7.24. The summed E-state index contributed by atoms with van der Waals surface area (Å²) in [7, 11) is 0. The molecule has 0 aliphatic heterocycles. The molecule has 0 unspecified atom stereocenters. The average Bonchev–Trinajstić information content (AvgIpc) is 2.82. The summed E-state index contributed by atoms with van der Waals surface area (Å²) >= 11 is 1.36. The van der Waals surface area contributed by atoms with E-state index in [-0.39, 0.29) is 24.0 Å². The number of nitrogens with one attached hydrogen (secondary N) is 1. The molecular weight excluding hydrogens is 264 g/mol. The van der Waals surface area contributed by atoms with Gasteiger partial charge >= 0.3 is 0 Å². The zero-order valence-electron chi connectivity index (χ0n) is 11.9. The number of carbonyl (C=O) groups is 1. The monoisotopic (exact) mass is 286 g/mol. The topological polar surface area (TPSA) is 80.0 Å². The predicted molar refractivity (Wildman–Crippen MR) is 75.0 cm³/mol. The molecule has 1 heterocycles. The maximum absolute atomic E-state index is 11.7. The van der Waals surface area contributed by atoms with Crippen LogP contribution in [-0.2, 0) is 4.79 Å². The standard InChI is InChI=1S/C12H22N4O2S/c1-9(2)16-8-14-15-11(16)19-5-10(18)13-6-12(3,4)7-17/h8-9,17H,5-7H2,1-4H3,(H,13,18). The van der Waals surface area contributed by atoms with Gasteiger partial charge in [0.1, 0.15) is 6.33 Å².